The van der Waals surface area contributed by atoms with Crippen molar-refractivity contribution >= 4 is 17.7 Å². The number of carbonyl (C=O) groups is 3. The summed E-state index contributed by atoms with van der Waals surface area (Å²) in [5, 5.41) is 0. The number of nitrogens with zero attached hydrogens (tertiary/aromatic N) is 1. The first kappa shape index (κ1) is 24.3. The number of nitrogens with one attached hydrogen (secondary N) is 2. The normalized spacial score (nSPS) is 14.8. The van der Waals surface area contributed by atoms with Crippen molar-refractivity contribution < 1.29 is 28.6 Å². The average molecular weight is 436 g/mol. The monoisotopic (exact) mass is 435 g/mol. The second kappa shape index (κ2) is 12.0. The minimum absolute atomic E-state index is 0.0867. The summed E-state index contributed by atoms with van der Waals surface area (Å²) in [6.45, 7) is 3.45. The number of rotatable bonds is 8. The number of hydrogen-bond acceptors (Lipinski definition) is 6. The lowest BCUT2D eigenvalue weighted by Gasteiger charge is -2.22. The van der Waals surface area contributed by atoms with E-state index in [-0.39, 0.29) is 29.7 Å². The SMILES string of the molecule is COc1cc(C(=O)NNC(=O)CC(C)CC(=O)N2CCCCCC2)cc(OC)c1OC. The average Bonchev–Trinajstić information content (AvgIpc) is 3.05. The van der Waals surface area contributed by atoms with Crippen molar-refractivity contribution in [3.63, 3.8) is 0 Å². The lowest BCUT2D eigenvalue weighted by molar-refractivity contribution is -0.132. The Morgan fingerprint density at radius 2 is 1.48 bits per heavy atom. The standard InChI is InChI=1S/C22H33N3O6/c1-15(12-20(27)25-9-7-5-6-8-10-25)11-19(26)23-24-22(28)16-13-17(29-2)21(31-4)18(14-16)30-3/h13-15H,5-12H2,1-4H3,(H,23,26)(H,24,28). The molecule has 1 unspecified atom stereocenters. The zero-order valence-corrected chi connectivity index (χ0v) is 18.8. The maximum absolute atomic E-state index is 12.5. The molecule has 1 aliphatic heterocycles. The van der Waals surface area contributed by atoms with Crippen molar-refractivity contribution in [2.45, 2.75) is 45.4 Å². The highest BCUT2D eigenvalue weighted by molar-refractivity contribution is 5.96. The second-order valence-electron chi connectivity index (χ2n) is 7.72. The Kier molecular flexibility index (Phi) is 9.42. The van der Waals surface area contributed by atoms with Crippen LogP contribution in [0, 0.1) is 5.92 Å². The van der Waals surface area contributed by atoms with Gasteiger partial charge in [-0.15, -0.1) is 0 Å². The number of methoxy groups -OCH3 is 3. The van der Waals surface area contributed by atoms with Gasteiger partial charge in [0.15, 0.2) is 11.5 Å². The Morgan fingerprint density at radius 1 is 0.903 bits per heavy atom. The van der Waals surface area contributed by atoms with E-state index < -0.39 is 5.91 Å². The lowest BCUT2D eigenvalue weighted by Crippen LogP contribution is -2.42. The Labute approximate surface area is 183 Å². The highest BCUT2D eigenvalue weighted by Gasteiger charge is 2.21. The second-order valence-corrected chi connectivity index (χ2v) is 7.72. The summed E-state index contributed by atoms with van der Waals surface area (Å²) < 4.78 is 15.7. The fourth-order valence-electron chi connectivity index (χ4n) is 3.60. The molecule has 0 bridgehead atoms. The molecule has 0 saturated carbocycles. The third-order valence-electron chi connectivity index (χ3n) is 5.26. The molecule has 31 heavy (non-hydrogen) atoms. The van der Waals surface area contributed by atoms with Crippen molar-refractivity contribution in [1.82, 2.24) is 15.8 Å². The number of amides is 3. The Balaban J connectivity index is 1.86. The molecular weight excluding hydrogens is 402 g/mol. The fraction of sp³-hybridized carbons (Fsp3) is 0.591. The number of likely N-dealkylation sites (tertiary alicyclic amines) is 1. The van der Waals surface area contributed by atoms with Crippen molar-refractivity contribution in [2.24, 2.45) is 5.92 Å². The summed E-state index contributed by atoms with van der Waals surface area (Å²) >= 11 is 0. The Bertz CT molecular complexity index is 750. The van der Waals surface area contributed by atoms with Crippen LogP contribution >= 0.6 is 0 Å². The molecule has 1 fully saturated rings. The molecule has 1 aliphatic rings. The van der Waals surface area contributed by atoms with Gasteiger partial charge in [-0.2, -0.15) is 0 Å². The predicted molar refractivity (Wildman–Crippen MR) is 115 cm³/mol. The van der Waals surface area contributed by atoms with Crippen molar-refractivity contribution in [1.29, 1.82) is 0 Å². The first-order chi connectivity index (χ1) is 14.9. The van der Waals surface area contributed by atoms with Crippen LogP contribution in [-0.2, 0) is 9.59 Å². The van der Waals surface area contributed by atoms with E-state index >= 15 is 0 Å². The molecule has 2 N–H and O–H groups in total. The van der Waals surface area contributed by atoms with Gasteiger partial charge in [-0.25, -0.2) is 0 Å². The van der Waals surface area contributed by atoms with Crippen LogP contribution < -0.4 is 25.1 Å². The lowest BCUT2D eigenvalue weighted by atomic mass is 10.0. The molecule has 1 saturated heterocycles. The number of benzene rings is 1. The topological polar surface area (TPSA) is 106 Å². The van der Waals surface area contributed by atoms with Crippen molar-refractivity contribution in [3.8, 4) is 17.2 Å². The van der Waals surface area contributed by atoms with Gasteiger partial charge in [-0.1, -0.05) is 19.8 Å². The molecule has 1 aromatic rings. The molecule has 0 radical (unpaired) electrons. The van der Waals surface area contributed by atoms with E-state index in [1.807, 2.05) is 11.8 Å². The summed E-state index contributed by atoms with van der Waals surface area (Å²) in [5.74, 6) is 0.0989. The largest absolute Gasteiger partial charge is 0.493 e. The number of hydrogen-bond donors (Lipinski definition) is 2. The maximum Gasteiger partial charge on any atom is 0.269 e. The molecule has 9 heteroatoms. The molecule has 0 spiro atoms. The summed E-state index contributed by atoms with van der Waals surface area (Å²) in [5.41, 5.74) is 5.02. The molecule has 9 nitrogen and oxygen atoms in total. The van der Waals surface area contributed by atoms with Gasteiger partial charge in [0.05, 0.1) is 21.3 Å². The first-order valence-electron chi connectivity index (χ1n) is 10.6. The van der Waals surface area contributed by atoms with E-state index in [0.29, 0.717) is 23.7 Å². The van der Waals surface area contributed by atoms with E-state index in [9.17, 15) is 14.4 Å². The molecule has 3 amide bonds. The number of carbonyl (C=O) groups excluding carboxylic acids is 3. The third-order valence-corrected chi connectivity index (χ3v) is 5.26. The van der Waals surface area contributed by atoms with E-state index in [4.69, 9.17) is 14.2 Å². The molecule has 172 valence electrons. The zero-order valence-electron chi connectivity index (χ0n) is 18.8. The van der Waals surface area contributed by atoms with Crippen molar-refractivity contribution in [2.75, 3.05) is 34.4 Å². The molecule has 1 aromatic carbocycles. The molecule has 1 atom stereocenters. The molecule has 0 aromatic heterocycles. The highest BCUT2D eigenvalue weighted by atomic mass is 16.5. The van der Waals surface area contributed by atoms with Gasteiger partial charge < -0.3 is 19.1 Å². The smallest absolute Gasteiger partial charge is 0.269 e. The van der Waals surface area contributed by atoms with Gasteiger partial charge in [0.1, 0.15) is 0 Å². The summed E-state index contributed by atoms with van der Waals surface area (Å²) in [7, 11) is 4.38. The summed E-state index contributed by atoms with van der Waals surface area (Å²) in [6.07, 6.45) is 4.84. The number of hydrazine groups is 1. The first-order valence-corrected chi connectivity index (χ1v) is 10.6. The van der Waals surface area contributed by atoms with E-state index in [2.05, 4.69) is 10.9 Å². The van der Waals surface area contributed by atoms with Crippen LogP contribution in [0.4, 0.5) is 0 Å². The minimum atomic E-state index is -0.527. The van der Waals surface area contributed by atoms with Crippen LogP contribution in [0.15, 0.2) is 12.1 Å². The van der Waals surface area contributed by atoms with Crippen LogP contribution in [0.1, 0.15) is 55.8 Å². The third kappa shape index (κ3) is 7.04. The van der Waals surface area contributed by atoms with Crippen LogP contribution in [0.3, 0.4) is 0 Å². The van der Waals surface area contributed by atoms with Crippen LogP contribution in [0.25, 0.3) is 0 Å². The molecule has 2 rings (SSSR count). The highest BCUT2D eigenvalue weighted by Crippen LogP contribution is 2.38. The van der Waals surface area contributed by atoms with E-state index in [1.165, 1.54) is 33.5 Å². The van der Waals surface area contributed by atoms with Gasteiger partial charge >= 0.3 is 0 Å². The predicted octanol–water partition coefficient (Wildman–Crippen LogP) is 2.29. The Morgan fingerprint density at radius 3 is 2.00 bits per heavy atom. The summed E-state index contributed by atoms with van der Waals surface area (Å²) in [4.78, 5) is 39.0. The number of ether oxygens (including phenoxy) is 3. The van der Waals surface area contributed by atoms with Crippen LogP contribution in [0.2, 0.25) is 0 Å². The van der Waals surface area contributed by atoms with Gasteiger partial charge in [0.2, 0.25) is 17.6 Å². The van der Waals surface area contributed by atoms with E-state index in [0.717, 1.165) is 38.8 Å². The molecular formula is C22H33N3O6. The van der Waals surface area contributed by atoms with Gasteiger partial charge in [0, 0.05) is 31.5 Å². The van der Waals surface area contributed by atoms with Gasteiger partial charge in [-0.3, -0.25) is 25.2 Å². The van der Waals surface area contributed by atoms with Gasteiger partial charge in [-0.05, 0) is 30.9 Å². The minimum Gasteiger partial charge on any atom is -0.493 e. The maximum atomic E-state index is 12.5. The van der Waals surface area contributed by atoms with Gasteiger partial charge in [0.25, 0.3) is 5.91 Å². The van der Waals surface area contributed by atoms with Crippen LogP contribution in [-0.4, -0.2) is 57.0 Å². The fourth-order valence-corrected chi connectivity index (χ4v) is 3.60. The molecule has 0 aliphatic carbocycles. The zero-order chi connectivity index (χ0) is 22.8. The van der Waals surface area contributed by atoms with Crippen molar-refractivity contribution in [3.05, 3.63) is 17.7 Å². The van der Waals surface area contributed by atoms with E-state index in [1.54, 1.807) is 0 Å². The summed E-state index contributed by atoms with van der Waals surface area (Å²) in [6, 6.07) is 2.98. The Hall–Kier alpha value is -2.97. The molecule has 1 heterocycles. The van der Waals surface area contributed by atoms with Crippen LogP contribution in [0.5, 0.6) is 17.2 Å². The quantitative estimate of drug-likeness (QED) is 0.607.